The molecule has 1 fully saturated rings. The van der Waals surface area contributed by atoms with Crippen molar-refractivity contribution in [2.24, 2.45) is 5.41 Å². The number of hydrogen-bond donors (Lipinski definition) is 2. The summed E-state index contributed by atoms with van der Waals surface area (Å²) in [6.07, 6.45) is 0. The second-order valence-corrected chi connectivity index (χ2v) is 4.88. The van der Waals surface area contributed by atoms with Gasteiger partial charge in [-0.3, -0.25) is 0 Å². The first-order chi connectivity index (χ1) is 8.54. The van der Waals surface area contributed by atoms with E-state index < -0.39 is 5.97 Å². The summed E-state index contributed by atoms with van der Waals surface area (Å²) in [5, 5.41) is 12.2. The Morgan fingerprint density at radius 2 is 2.28 bits per heavy atom. The second kappa shape index (κ2) is 4.86. The van der Waals surface area contributed by atoms with Crippen LogP contribution in [0.2, 0.25) is 0 Å². The molecule has 5 heteroatoms. The van der Waals surface area contributed by atoms with Crippen LogP contribution in [0.15, 0.2) is 18.2 Å². The average molecular weight is 251 g/mol. The highest BCUT2D eigenvalue weighted by atomic mass is 16.5. The third-order valence-electron chi connectivity index (χ3n) is 3.05. The minimum atomic E-state index is -0.945. The normalized spacial score (nSPS) is 16.8. The molecule has 0 amide bonds. The molecule has 18 heavy (non-hydrogen) atoms. The average Bonchev–Trinajstić information content (AvgIpc) is 2.33. The molecule has 1 aromatic rings. The summed E-state index contributed by atoms with van der Waals surface area (Å²) in [6.45, 7) is 4.30. The molecule has 2 rings (SSSR count). The summed E-state index contributed by atoms with van der Waals surface area (Å²) in [6, 6.07) is 4.77. The fourth-order valence-electron chi connectivity index (χ4n) is 1.84. The van der Waals surface area contributed by atoms with Crippen LogP contribution < -0.4 is 10.1 Å². The van der Waals surface area contributed by atoms with Gasteiger partial charge in [-0.2, -0.15) is 0 Å². The first kappa shape index (κ1) is 12.7. The quantitative estimate of drug-likeness (QED) is 0.835. The highest BCUT2D eigenvalue weighted by molar-refractivity contribution is 5.89. The van der Waals surface area contributed by atoms with E-state index in [4.69, 9.17) is 14.6 Å². The third-order valence-corrected chi connectivity index (χ3v) is 3.05. The topological polar surface area (TPSA) is 67.8 Å². The highest BCUT2D eigenvalue weighted by Crippen LogP contribution is 2.30. The van der Waals surface area contributed by atoms with Gasteiger partial charge in [0.05, 0.1) is 31.6 Å². The van der Waals surface area contributed by atoms with E-state index in [-0.39, 0.29) is 11.0 Å². The zero-order chi connectivity index (χ0) is 13.2. The first-order valence-electron chi connectivity index (χ1n) is 5.77. The third kappa shape index (κ3) is 2.56. The van der Waals surface area contributed by atoms with Crippen molar-refractivity contribution in [3.8, 4) is 5.75 Å². The number of rotatable bonds is 5. The van der Waals surface area contributed by atoms with E-state index >= 15 is 0 Å². The molecule has 0 radical (unpaired) electrons. The van der Waals surface area contributed by atoms with Crippen molar-refractivity contribution in [3.63, 3.8) is 0 Å². The number of ether oxygens (including phenoxy) is 2. The van der Waals surface area contributed by atoms with Gasteiger partial charge in [0.15, 0.2) is 0 Å². The Morgan fingerprint density at radius 1 is 1.56 bits per heavy atom. The Bertz CT molecular complexity index is 454. The maximum absolute atomic E-state index is 10.9. The molecular formula is C13H17NO4. The van der Waals surface area contributed by atoms with Crippen molar-refractivity contribution in [1.82, 2.24) is 0 Å². The van der Waals surface area contributed by atoms with Crippen LogP contribution in [0.3, 0.4) is 0 Å². The smallest absolute Gasteiger partial charge is 0.335 e. The molecule has 0 atom stereocenters. The molecule has 1 saturated heterocycles. The Hall–Kier alpha value is -1.75. The molecule has 2 N–H and O–H groups in total. The van der Waals surface area contributed by atoms with Crippen LogP contribution in [0.4, 0.5) is 5.69 Å². The van der Waals surface area contributed by atoms with E-state index in [1.807, 2.05) is 0 Å². The van der Waals surface area contributed by atoms with Gasteiger partial charge in [-0.1, -0.05) is 6.92 Å². The summed E-state index contributed by atoms with van der Waals surface area (Å²) in [7, 11) is 1.56. The molecule has 1 heterocycles. The van der Waals surface area contributed by atoms with Gasteiger partial charge in [-0.25, -0.2) is 4.79 Å². The van der Waals surface area contributed by atoms with Crippen LogP contribution in [-0.2, 0) is 4.74 Å². The number of carboxylic acids is 1. The van der Waals surface area contributed by atoms with Gasteiger partial charge in [-0.05, 0) is 18.2 Å². The summed E-state index contributed by atoms with van der Waals surface area (Å²) in [5.41, 5.74) is 1.06. The van der Waals surface area contributed by atoms with Crippen molar-refractivity contribution in [2.45, 2.75) is 6.92 Å². The van der Waals surface area contributed by atoms with Crippen molar-refractivity contribution in [2.75, 3.05) is 32.2 Å². The van der Waals surface area contributed by atoms with E-state index in [0.717, 1.165) is 19.8 Å². The van der Waals surface area contributed by atoms with E-state index in [9.17, 15) is 4.79 Å². The van der Waals surface area contributed by atoms with Crippen LogP contribution in [0.5, 0.6) is 5.75 Å². The van der Waals surface area contributed by atoms with E-state index in [1.54, 1.807) is 19.2 Å². The van der Waals surface area contributed by atoms with Crippen molar-refractivity contribution in [3.05, 3.63) is 23.8 Å². The molecule has 1 aliphatic heterocycles. The highest BCUT2D eigenvalue weighted by Gasteiger charge is 2.33. The number of methoxy groups -OCH3 is 1. The molecule has 0 spiro atoms. The van der Waals surface area contributed by atoms with Crippen molar-refractivity contribution in [1.29, 1.82) is 0 Å². The Balaban J connectivity index is 2.13. The molecule has 1 aromatic carbocycles. The number of carbonyl (C=O) groups is 1. The zero-order valence-electron chi connectivity index (χ0n) is 10.5. The Morgan fingerprint density at radius 3 is 2.78 bits per heavy atom. The number of nitrogens with one attached hydrogen (secondary N) is 1. The fourth-order valence-corrected chi connectivity index (χ4v) is 1.84. The van der Waals surface area contributed by atoms with Gasteiger partial charge in [0.25, 0.3) is 0 Å². The predicted octanol–water partition coefficient (Wildman–Crippen LogP) is 1.84. The zero-order valence-corrected chi connectivity index (χ0v) is 10.5. The molecule has 5 nitrogen and oxygen atoms in total. The predicted molar refractivity (Wildman–Crippen MR) is 67.4 cm³/mol. The SMILES string of the molecule is COc1ccc(C(=O)O)cc1NCC1(C)COC1. The largest absolute Gasteiger partial charge is 0.495 e. The second-order valence-electron chi connectivity index (χ2n) is 4.88. The Labute approximate surface area is 106 Å². The van der Waals surface area contributed by atoms with E-state index in [0.29, 0.717) is 11.4 Å². The molecule has 0 bridgehead atoms. The lowest BCUT2D eigenvalue weighted by molar-refractivity contribution is -0.0924. The monoisotopic (exact) mass is 251 g/mol. The van der Waals surface area contributed by atoms with E-state index in [2.05, 4.69) is 12.2 Å². The van der Waals surface area contributed by atoms with Gasteiger partial charge >= 0.3 is 5.97 Å². The number of benzene rings is 1. The van der Waals surface area contributed by atoms with Gasteiger partial charge in [0.2, 0.25) is 0 Å². The lowest BCUT2D eigenvalue weighted by Gasteiger charge is -2.38. The van der Waals surface area contributed by atoms with Crippen LogP contribution in [0, 0.1) is 5.41 Å². The standard InChI is InChI=1S/C13H17NO4/c1-13(7-18-8-13)6-14-10-5-9(12(15)16)3-4-11(10)17-2/h3-5,14H,6-8H2,1-2H3,(H,15,16). The maximum Gasteiger partial charge on any atom is 0.335 e. The molecule has 0 saturated carbocycles. The maximum atomic E-state index is 10.9. The first-order valence-corrected chi connectivity index (χ1v) is 5.77. The van der Waals surface area contributed by atoms with Crippen LogP contribution in [-0.4, -0.2) is 37.9 Å². The molecule has 98 valence electrons. The molecule has 0 aliphatic carbocycles. The number of carboxylic acid groups (broad SMARTS) is 1. The van der Waals surface area contributed by atoms with E-state index in [1.165, 1.54) is 6.07 Å². The molecular weight excluding hydrogens is 234 g/mol. The lowest BCUT2D eigenvalue weighted by Crippen LogP contribution is -2.45. The van der Waals surface area contributed by atoms with Crippen LogP contribution >= 0.6 is 0 Å². The van der Waals surface area contributed by atoms with Gasteiger partial charge in [0, 0.05) is 12.0 Å². The minimum Gasteiger partial charge on any atom is -0.495 e. The van der Waals surface area contributed by atoms with Crippen molar-refractivity contribution >= 4 is 11.7 Å². The molecule has 0 aromatic heterocycles. The van der Waals surface area contributed by atoms with Crippen LogP contribution in [0.25, 0.3) is 0 Å². The molecule has 0 unspecified atom stereocenters. The van der Waals surface area contributed by atoms with Gasteiger partial charge < -0.3 is 19.9 Å². The number of hydrogen-bond acceptors (Lipinski definition) is 4. The number of anilines is 1. The van der Waals surface area contributed by atoms with Gasteiger partial charge in [-0.15, -0.1) is 0 Å². The fraction of sp³-hybridized carbons (Fsp3) is 0.462. The minimum absolute atomic E-state index is 0.115. The lowest BCUT2D eigenvalue weighted by atomic mass is 9.88. The van der Waals surface area contributed by atoms with Crippen LogP contribution in [0.1, 0.15) is 17.3 Å². The van der Waals surface area contributed by atoms with Gasteiger partial charge in [0.1, 0.15) is 5.75 Å². The Kier molecular flexibility index (Phi) is 3.43. The summed E-state index contributed by atoms with van der Waals surface area (Å²) >= 11 is 0. The number of aromatic carboxylic acids is 1. The summed E-state index contributed by atoms with van der Waals surface area (Å²) in [5.74, 6) is -0.303. The summed E-state index contributed by atoms with van der Waals surface area (Å²) in [4.78, 5) is 10.9. The van der Waals surface area contributed by atoms with Crippen molar-refractivity contribution < 1.29 is 19.4 Å². The molecule has 1 aliphatic rings. The summed E-state index contributed by atoms with van der Waals surface area (Å²) < 4.78 is 10.4.